The molecule has 1 aromatic heterocycles. The number of carbonyl (C=O) groups is 1. The first-order valence-electron chi connectivity index (χ1n) is 8.22. The number of ether oxygens (including phenoxy) is 1. The van der Waals surface area contributed by atoms with Crippen molar-refractivity contribution in [1.82, 2.24) is 15.1 Å². The average molecular weight is 326 g/mol. The Morgan fingerprint density at radius 3 is 2.79 bits per heavy atom. The molecule has 0 aliphatic carbocycles. The summed E-state index contributed by atoms with van der Waals surface area (Å²) in [6, 6.07) is 11.6. The third kappa shape index (κ3) is 3.48. The Labute approximate surface area is 141 Å². The van der Waals surface area contributed by atoms with Crippen molar-refractivity contribution in [3.63, 3.8) is 0 Å². The van der Waals surface area contributed by atoms with Gasteiger partial charge in [-0.2, -0.15) is 0 Å². The van der Waals surface area contributed by atoms with Crippen LogP contribution in [0.4, 0.5) is 5.82 Å². The number of aromatic nitrogens is 2. The van der Waals surface area contributed by atoms with E-state index in [-0.39, 0.29) is 11.9 Å². The Bertz CT molecular complexity index is 702. The zero-order valence-electron chi connectivity index (χ0n) is 14.0. The van der Waals surface area contributed by atoms with Crippen molar-refractivity contribution >= 4 is 11.7 Å². The molecule has 0 spiro atoms. The van der Waals surface area contributed by atoms with Gasteiger partial charge in [0.15, 0.2) is 0 Å². The predicted molar refractivity (Wildman–Crippen MR) is 92.9 cm³/mol. The second-order valence-electron chi connectivity index (χ2n) is 5.89. The van der Waals surface area contributed by atoms with E-state index in [1.54, 1.807) is 7.11 Å². The van der Waals surface area contributed by atoms with Crippen molar-refractivity contribution in [3.8, 4) is 17.0 Å². The summed E-state index contributed by atoms with van der Waals surface area (Å²) in [6.07, 6.45) is 1.49. The Morgan fingerprint density at radius 2 is 2.08 bits per heavy atom. The number of likely N-dealkylation sites (tertiary alicyclic amines) is 1. The minimum Gasteiger partial charge on any atom is -0.496 e. The van der Waals surface area contributed by atoms with Crippen LogP contribution in [-0.2, 0) is 4.79 Å². The summed E-state index contributed by atoms with van der Waals surface area (Å²) in [4.78, 5) is 13.8. The van der Waals surface area contributed by atoms with E-state index < -0.39 is 0 Å². The van der Waals surface area contributed by atoms with Crippen LogP contribution in [0.3, 0.4) is 0 Å². The summed E-state index contributed by atoms with van der Waals surface area (Å²) >= 11 is 0. The van der Waals surface area contributed by atoms with Crippen molar-refractivity contribution < 1.29 is 9.53 Å². The molecule has 0 bridgehead atoms. The molecule has 1 amide bonds. The van der Waals surface area contributed by atoms with Crippen LogP contribution in [0.25, 0.3) is 11.3 Å². The number of nitrogens with one attached hydrogen (secondary N) is 1. The van der Waals surface area contributed by atoms with Gasteiger partial charge < -0.3 is 15.0 Å². The van der Waals surface area contributed by atoms with Gasteiger partial charge in [-0.25, -0.2) is 0 Å². The molecule has 0 radical (unpaired) electrons. The molecule has 6 heteroatoms. The van der Waals surface area contributed by atoms with Crippen LogP contribution in [0.2, 0.25) is 0 Å². The molecule has 2 aromatic rings. The molecule has 1 aliphatic rings. The second kappa shape index (κ2) is 7.29. The Hall–Kier alpha value is -2.63. The van der Waals surface area contributed by atoms with Gasteiger partial charge in [-0.05, 0) is 30.7 Å². The Balaban J connectivity index is 1.68. The van der Waals surface area contributed by atoms with Gasteiger partial charge in [0, 0.05) is 25.1 Å². The van der Waals surface area contributed by atoms with Crippen molar-refractivity contribution in [2.45, 2.75) is 25.8 Å². The fourth-order valence-electron chi connectivity index (χ4n) is 2.97. The first-order chi connectivity index (χ1) is 11.7. The molecule has 1 aliphatic heterocycles. The zero-order chi connectivity index (χ0) is 16.9. The molecule has 2 heterocycles. The van der Waals surface area contributed by atoms with Crippen LogP contribution in [0.5, 0.6) is 5.75 Å². The highest BCUT2D eigenvalue weighted by molar-refractivity contribution is 5.80. The van der Waals surface area contributed by atoms with Gasteiger partial charge >= 0.3 is 0 Å². The van der Waals surface area contributed by atoms with Crippen LogP contribution in [0, 0.1) is 0 Å². The average Bonchev–Trinajstić information content (AvgIpc) is 2.95. The monoisotopic (exact) mass is 326 g/mol. The molecule has 1 unspecified atom stereocenters. The molecule has 6 nitrogen and oxygen atoms in total. The summed E-state index contributed by atoms with van der Waals surface area (Å²) in [7, 11) is 1.64. The van der Waals surface area contributed by atoms with Crippen molar-refractivity contribution in [3.05, 3.63) is 36.4 Å². The van der Waals surface area contributed by atoms with Crippen LogP contribution in [0.15, 0.2) is 36.4 Å². The van der Waals surface area contributed by atoms with Crippen molar-refractivity contribution in [1.29, 1.82) is 0 Å². The van der Waals surface area contributed by atoms with Crippen LogP contribution in [-0.4, -0.2) is 47.2 Å². The lowest BCUT2D eigenvalue weighted by Crippen LogP contribution is -2.28. The van der Waals surface area contributed by atoms with E-state index in [0.29, 0.717) is 12.2 Å². The SMILES string of the molecule is CCCN1CC(Nc2ccc(-c3ccccc3OC)nn2)CC1=O. The van der Waals surface area contributed by atoms with E-state index in [2.05, 4.69) is 22.4 Å². The highest BCUT2D eigenvalue weighted by atomic mass is 16.5. The summed E-state index contributed by atoms with van der Waals surface area (Å²) in [5.41, 5.74) is 1.66. The maximum atomic E-state index is 11.9. The largest absolute Gasteiger partial charge is 0.496 e. The molecule has 1 N–H and O–H groups in total. The number of para-hydroxylation sites is 1. The molecule has 0 saturated carbocycles. The lowest BCUT2D eigenvalue weighted by molar-refractivity contribution is -0.127. The van der Waals surface area contributed by atoms with Gasteiger partial charge in [-0.1, -0.05) is 19.1 Å². The maximum absolute atomic E-state index is 11.9. The first kappa shape index (κ1) is 16.2. The molecule has 24 heavy (non-hydrogen) atoms. The molecule has 126 valence electrons. The second-order valence-corrected chi connectivity index (χ2v) is 5.89. The number of nitrogens with zero attached hydrogens (tertiary/aromatic N) is 3. The van der Waals surface area contributed by atoms with Gasteiger partial charge in [0.05, 0.1) is 18.8 Å². The number of methoxy groups -OCH3 is 1. The van der Waals surface area contributed by atoms with E-state index >= 15 is 0 Å². The molecule has 3 rings (SSSR count). The summed E-state index contributed by atoms with van der Waals surface area (Å²) in [5.74, 6) is 1.65. The number of anilines is 1. The van der Waals surface area contributed by atoms with Gasteiger partial charge in [-0.15, -0.1) is 10.2 Å². The van der Waals surface area contributed by atoms with E-state index in [1.807, 2.05) is 41.3 Å². The standard InChI is InChI=1S/C18H22N4O2/c1-3-10-22-12-13(11-18(22)23)19-17-9-8-15(20-21-17)14-6-4-5-7-16(14)24-2/h4-9,13H,3,10-12H2,1-2H3,(H,19,21). The Morgan fingerprint density at radius 1 is 1.25 bits per heavy atom. The lowest BCUT2D eigenvalue weighted by atomic mass is 10.1. The zero-order valence-corrected chi connectivity index (χ0v) is 14.0. The van der Waals surface area contributed by atoms with E-state index in [9.17, 15) is 4.79 Å². The topological polar surface area (TPSA) is 67.3 Å². The van der Waals surface area contributed by atoms with Gasteiger partial charge in [0.2, 0.25) is 5.91 Å². The third-order valence-corrected chi connectivity index (χ3v) is 4.11. The Kier molecular flexibility index (Phi) is 4.93. The summed E-state index contributed by atoms with van der Waals surface area (Å²) in [5, 5.41) is 11.8. The van der Waals surface area contributed by atoms with Crippen LogP contribution >= 0.6 is 0 Å². The van der Waals surface area contributed by atoms with Crippen LogP contribution in [0.1, 0.15) is 19.8 Å². The number of hydrogen-bond acceptors (Lipinski definition) is 5. The number of benzene rings is 1. The van der Waals surface area contributed by atoms with E-state index in [1.165, 1.54) is 0 Å². The molecule has 1 fully saturated rings. The molecule has 1 aromatic carbocycles. The number of amides is 1. The summed E-state index contributed by atoms with van der Waals surface area (Å²) in [6.45, 7) is 3.62. The molecule has 1 atom stereocenters. The van der Waals surface area contributed by atoms with Gasteiger partial charge in [0.1, 0.15) is 11.6 Å². The highest BCUT2D eigenvalue weighted by Crippen LogP contribution is 2.28. The number of carbonyl (C=O) groups excluding carboxylic acids is 1. The normalized spacial score (nSPS) is 17.2. The highest BCUT2D eigenvalue weighted by Gasteiger charge is 2.28. The van der Waals surface area contributed by atoms with Crippen molar-refractivity contribution in [2.24, 2.45) is 0 Å². The number of hydrogen-bond donors (Lipinski definition) is 1. The van der Waals surface area contributed by atoms with Crippen molar-refractivity contribution in [2.75, 3.05) is 25.5 Å². The lowest BCUT2D eigenvalue weighted by Gasteiger charge is -2.16. The predicted octanol–water partition coefficient (Wildman–Crippen LogP) is 2.58. The van der Waals surface area contributed by atoms with E-state index in [0.717, 1.165) is 36.5 Å². The van der Waals surface area contributed by atoms with Gasteiger partial charge in [0.25, 0.3) is 0 Å². The third-order valence-electron chi connectivity index (χ3n) is 4.11. The molecule has 1 saturated heterocycles. The molecular formula is C18H22N4O2. The molecular weight excluding hydrogens is 304 g/mol. The number of rotatable bonds is 6. The minimum absolute atomic E-state index is 0.0930. The fraction of sp³-hybridized carbons (Fsp3) is 0.389. The maximum Gasteiger partial charge on any atom is 0.224 e. The first-order valence-corrected chi connectivity index (χ1v) is 8.22. The quantitative estimate of drug-likeness (QED) is 0.884. The minimum atomic E-state index is 0.0930. The van der Waals surface area contributed by atoms with Gasteiger partial charge in [-0.3, -0.25) is 4.79 Å². The summed E-state index contributed by atoms with van der Waals surface area (Å²) < 4.78 is 5.36. The fourth-order valence-corrected chi connectivity index (χ4v) is 2.97. The smallest absolute Gasteiger partial charge is 0.224 e. The van der Waals surface area contributed by atoms with Crippen LogP contribution < -0.4 is 10.1 Å². The van der Waals surface area contributed by atoms with E-state index in [4.69, 9.17) is 4.74 Å².